The van der Waals surface area contributed by atoms with E-state index in [1.54, 1.807) is 4.90 Å². The summed E-state index contributed by atoms with van der Waals surface area (Å²) in [6.45, 7) is 11.1. The lowest BCUT2D eigenvalue weighted by atomic mass is 10.1. The quantitative estimate of drug-likeness (QED) is 0.700. The number of rotatable bonds is 0. The third-order valence-electron chi connectivity index (χ3n) is 2.19. The van der Waals surface area contributed by atoms with Gasteiger partial charge in [0.05, 0.1) is 0 Å². The van der Waals surface area contributed by atoms with Crippen molar-refractivity contribution in [2.24, 2.45) is 5.73 Å². The molecule has 0 aromatic carbocycles. The van der Waals surface area contributed by atoms with Gasteiger partial charge in [-0.25, -0.2) is 4.79 Å². The van der Waals surface area contributed by atoms with Gasteiger partial charge in [0.15, 0.2) is 0 Å². The number of amides is 1. The Hall–Kier alpha value is -0.810. The number of aliphatic hydroxyl groups excluding tert-OH is 1. The Morgan fingerprint density at radius 2 is 1.61 bits per heavy atom. The van der Waals surface area contributed by atoms with Crippen LogP contribution in [0.5, 0.6) is 0 Å². The molecule has 1 amide bonds. The van der Waals surface area contributed by atoms with Crippen LogP contribution < -0.4 is 5.73 Å². The highest BCUT2D eigenvalue weighted by Gasteiger charge is 2.25. The minimum atomic E-state index is -0.406. The van der Waals surface area contributed by atoms with Gasteiger partial charge in [0.2, 0.25) is 0 Å². The molecule has 18 heavy (non-hydrogen) atoms. The lowest BCUT2D eigenvalue weighted by Gasteiger charge is -2.32. The standard InChI is InChI=1S/C10H20N2O2.C2H6.CH4O/c1-10(2,3)14-9(13)12-6-4-8(11)5-7-12;2*1-2/h8H,4-7,11H2,1-3H3;1-2H3;2H,1H3. The highest BCUT2D eigenvalue weighted by molar-refractivity contribution is 5.68. The Morgan fingerprint density at radius 3 is 1.94 bits per heavy atom. The lowest BCUT2D eigenvalue weighted by Crippen LogP contribution is -2.44. The summed E-state index contributed by atoms with van der Waals surface area (Å²) < 4.78 is 5.26. The highest BCUT2D eigenvalue weighted by atomic mass is 16.6. The van der Waals surface area contributed by atoms with Crippen LogP contribution >= 0.6 is 0 Å². The average Bonchev–Trinajstić information content (AvgIpc) is 2.33. The largest absolute Gasteiger partial charge is 0.444 e. The summed E-state index contributed by atoms with van der Waals surface area (Å²) >= 11 is 0. The number of nitrogens with zero attached hydrogens (tertiary/aromatic N) is 1. The topological polar surface area (TPSA) is 75.8 Å². The zero-order valence-corrected chi connectivity index (χ0v) is 12.7. The fraction of sp³-hybridized carbons (Fsp3) is 0.923. The van der Waals surface area contributed by atoms with Crippen LogP contribution in [0.2, 0.25) is 0 Å². The Morgan fingerprint density at radius 1 is 1.22 bits per heavy atom. The molecule has 1 aliphatic heterocycles. The zero-order valence-electron chi connectivity index (χ0n) is 12.7. The molecule has 110 valence electrons. The van der Waals surface area contributed by atoms with Gasteiger partial charge in [-0.2, -0.15) is 0 Å². The summed E-state index contributed by atoms with van der Waals surface area (Å²) in [5, 5.41) is 7.00. The molecule has 1 fully saturated rings. The molecular formula is C13H30N2O3. The summed E-state index contributed by atoms with van der Waals surface area (Å²) in [6, 6.07) is 0.244. The van der Waals surface area contributed by atoms with Gasteiger partial charge in [-0.05, 0) is 33.6 Å². The predicted octanol–water partition coefficient (Wildman–Crippen LogP) is 1.98. The molecule has 5 nitrogen and oxygen atoms in total. The fourth-order valence-electron chi connectivity index (χ4n) is 1.41. The molecule has 1 heterocycles. The fourth-order valence-corrected chi connectivity index (χ4v) is 1.41. The molecule has 0 atom stereocenters. The second-order valence-corrected chi connectivity index (χ2v) is 4.80. The van der Waals surface area contributed by atoms with Gasteiger partial charge in [-0.1, -0.05) is 13.8 Å². The number of ether oxygens (including phenoxy) is 1. The smallest absolute Gasteiger partial charge is 0.410 e. The Balaban J connectivity index is 0. The van der Waals surface area contributed by atoms with E-state index < -0.39 is 5.60 Å². The molecule has 0 radical (unpaired) electrons. The number of aliphatic hydroxyl groups is 1. The van der Waals surface area contributed by atoms with Gasteiger partial charge in [-0.15, -0.1) is 0 Å². The Labute approximate surface area is 111 Å². The monoisotopic (exact) mass is 262 g/mol. The number of hydrogen-bond donors (Lipinski definition) is 2. The van der Waals surface area contributed by atoms with Gasteiger partial charge < -0.3 is 20.5 Å². The van der Waals surface area contributed by atoms with E-state index in [9.17, 15) is 4.79 Å². The van der Waals surface area contributed by atoms with Crippen LogP contribution in [-0.4, -0.2) is 47.9 Å². The van der Waals surface area contributed by atoms with Crippen LogP contribution in [0.3, 0.4) is 0 Å². The van der Waals surface area contributed by atoms with E-state index in [1.165, 1.54) is 0 Å². The number of likely N-dealkylation sites (tertiary alicyclic amines) is 1. The number of hydrogen-bond acceptors (Lipinski definition) is 4. The first-order valence-electron chi connectivity index (χ1n) is 6.57. The number of carbonyl (C=O) groups is 1. The van der Waals surface area contributed by atoms with Gasteiger partial charge in [-0.3, -0.25) is 0 Å². The first-order chi connectivity index (χ1) is 8.38. The van der Waals surface area contributed by atoms with Gasteiger partial charge in [0.1, 0.15) is 5.60 Å². The average molecular weight is 262 g/mol. The molecule has 0 spiro atoms. The first kappa shape index (κ1) is 19.5. The van der Waals surface area contributed by atoms with E-state index in [0.717, 1.165) is 33.0 Å². The van der Waals surface area contributed by atoms with Crippen molar-refractivity contribution in [1.29, 1.82) is 0 Å². The van der Waals surface area contributed by atoms with Gasteiger partial charge in [0, 0.05) is 26.2 Å². The van der Waals surface area contributed by atoms with E-state index >= 15 is 0 Å². The van der Waals surface area contributed by atoms with Crippen molar-refractivity contribution in [2.45, 2.75) is 59.1 Å². The van der Waals surface area contributed by atoms with Crippen LogP contribution in [0, 0.1) is 0 Å². The van der Waals surface area contributed by atoms with Crippen LogP contribution in [0.25, 0.3) is 0 Å². The summed E-state index contributed by atoms with van der Waals surface area (Å²) in [7, 11) is 1.00. The SMILES string of the molecule is CC.CC(C)(C)OC(=O)N1CCC(N)CC1.CO. The normalized spacial score (nSPS) is 15.9. The maximum atomic E-state index is 11.6. The minimum Gasteiger partial charge on any atom is -0.444 e. The molecule has 0 unspecified atom stereocenters. The Kier molecular flexibility index (Phi) is 11.0. The molecule has 0 aliphatic carbocycles. The van der Waals surface area contributed by atoms with Crippen molar-refractivity contribution < 1.29 is 14.6 Å². The molecule has 0 bridgehead atoms. The van der Waals surface area contributed by atoms with Crippen molar-refractivity contribution in [3.8, 4) is 0 Å². The summed E-state index contributed by atoms with van der Waals surface area (Å²) in [6.07, 6.45) is 1.53. The van der Waals surface area contributed by atoms with E-state index in [-0.39, 0.29) is 12.1 Å². The van der Waals surface area contributed by atoms with E-state index in [1.807, 2.05) is 34.6 Å². The lowest BCUT2D eigenvalue weighted by molar-refractivity contribution is 0.0207. The molecule has 1 saturated heterocycles. The van der Waals surface area contributed by atoms with Crippen molar-refractivity contribution in [3.05, 3.63) is 0 Å². The van der Waals surface area contributed by atoms with E-state index in [2.05, 4.69) is 0 Å². The van der Waals surface area contributed by atoms with Crippen molar-refractivity contribution >= 4 is 6.09 Å². The maximum Gasteiger partial charge on any atom is 0.410 e. The predicted molar refractivity (Wildman–Crippen MR) is 74.5 cm³/mol. The van der Waals surface area contributed by atoms with Crippen LogP contribution in [0.1, 0.15) is 47.5 Å². The minimum absolute atomic E-state index is 0.218. The molecule has 1 aliphatic rings. The molecule has 0 saturated carbocycles. The van der Waals surface area contributed by atoms with Crippen LogP contribution in [0.15, 0.2) is 0 Å². The van der Waals surface area contributed by atoms with Gasteiger partial charge >= 0.3 is 6.09 Å². The van der Waals surface area contributed by atoms with Crippen molar-refractivity contribution in [3.63, 3.8) is 0 Å². The number of carbonyl (C=O) groups excluding carboxylic acids is 1. The first-order valence-corrected chi connectivity index (χ1v) is 6.57. The second-order valence-electron chi connectivity index (χ2n) is 4.80. The second kappa shape index (κ2) is 10.1. The van der Waals surface area contributed by atoms with Crippen LogP contribution in [0.4, 0.5) is 4.79 Å². The summed E-state index contributed by atoms with van der Waals surface area (Å²) in [5.41, 5.74) is 5.34. The number of piperidine rings is 1. The zero-order chi connectivity index (χ0) is 14.8. The highest BCUT2D eigenvalue weighted by Crippen LogP contribution is 2.14. The molecule has 0 aromatic rings. The van der Waals surface area contributed by atoms with Crippen molar-refractivity contribution in [2.75, 3.05) is 20.2 Å². The molecule has 0 aromatic heterocycles. The summed E-state index contributed by atoms with van der Waals surface area (Å²) in [5.74, 6) is 0. The third kappa shape index (κ3) is 9.24. The molecule has 3 N–H and O–H groups in total. The molecule has 1 rings (SSSR count). The van der Waals surface area contributed by atoms with E-state index in [0.29, 0.717) is 0 Å². The van der Waals surface area contributed by atoms with Crippen molar-refractivity contribution in [1.82, 2.24) is 4.90 Å². The van der Waals surface area contributed by atoms with Gasteiger partial charge in [0.25, 0.3) is 0 Å². The Bertz CT molecular complexity index is 207. The third-order valence-corrected chi connectivity index (χ3v) is 2.19. The van der Waals surface area contributed by atoms with Crippen LogP contribution in [-0.2, 0) is 4.74 Å². The molecule has 5 heteroatoms. The molecular weight excluding hydrogens is 232 g/mol. The maximum absolute atomic E-state index is 11.6. The van der Waals surface area contributed by atoms with E-state index in [4.69, 9.17) is 15.6 Å². The summed E-state index contributed by atoms with van der Waals surface area (Å²) in [4.78, 5) is 13.3. The number of nitrogens with two attached hydrogens (primary N) is 1.